The second-order valence-corrected chi connectivity index (χ2v) is 5.34. The molecule has 1 unspecified atom stereocenters. The Morgan fingerprint density at radius 3 is 2.88 bits per heavy atom. The Morgan fingerprint density at radius 1 is 1.41 bits per heavy atom. The van der Waals surface area contributed by atoms with Crippen LogP contribution in [0.25, 0.3) is 0 Å². The fourth-order valence-electron chi connectivity index (χ4n) is 1.71. The average Bonchev–Trinajstić information content (AvgIpc) is 2.68. The van der Waals surface area contributed by atoms with Crippen molar-refractivity contribution in [3.63, 3.8) is 0 Å². The van der Waals surface area contributed by atoms with Crippen LogP contribution < -0.4 is 10.1 Å². The van der Waals surface area contributed by atoms with E-state index in [2.05, 4.69) is 31.1 Å². The van der Waals surface area contributed by atoms with E-state index in [4.69, 9.17) is 9.47 Å². The number of hydrogen-bond donors (Lipinski definition) is 1. The molecule has 1 aromatic rings. The number of nitrogens with zero attached hydrogens (tertiary/aromatic N) is 1. The molecule has 2 heterocycles. The first kappa shape index (κ1) is 12.2. The molecule has 0 amide bonds. The van der Waals surface area contributed by atoms with E-state index in [-0.39, 0.29) is 11.6 Å². The molecule has 0 radical (unpaired) electrons. The summed E-state index contributed by atoms with van der Waals surface area (Å²) in [6.07, 6.45) is 1.09. The van der Waals surface area contributed by atoms with Crippen LogP contribution in [0.2, 0.25) is 0 Å². The number of nitrogens with one attached hydrogen (secondary N) is 1. The summed E-state index contributed by atoms with van der Waals surface area (Å²) in [5.74, 6) is 1.50. The lowest BCUT2D eigenvalue weighted by Gasteiger charge is -2.21. The van der Waals surface area contributed by atoms with Crippen LogP contribution in [0.5, 0.6) is 5.88 Å². The van der Waals surface area contributed by atoms with Gasteiger partial charge >= 0.3 is 0 Å². The van der Waals surface area contributed by atoms with E-state index in [0.29, 0.717) is 12.5 Å². The van der Waals surface area contributed by atoms with Crippen LogP contribution >= 0.6 is 0 Å². The predicted octanol–water partition coefficient (Wildman–Crippen LogP) is 2.46. The fourth-order valence-corrected chi connectivity index (χ4v) is 1.71. The van der Waals surface area contributed by atoms with Crippen molar-refractivity contribution in [3.05, 3.63) is 18.2 Å². The van der Waals surface area contributed by atoms with Crippen molar-refractivity contribution in [1.82, 2.24) is 4.98 Å². The van der Waals surface area contributed by atoms with E-state index in [1.807, 2.05) is 18.2 Å². The minimum atomic E-state index is 0.00208. The van der Waals surface area contributed by atoms with Gasteiger partial charge in [-0.2, -0.15) is 4.98 Å². The lowest BCUT2D eigenvalue weighted by atomic mass is 10.1. The Morgan fingerprint density at radius 2 is 2.24 bits per heavy atom. The van der Waals surface area contributed by atoms with Crippen LogP contribution in [0.15, 0.2) is 18.2 Å². The lowest BCUT2D eigenvalue weighted by molar-refractivity contribution is 0.138. The molecule has 4 nitrogen and oxygen atoms in total. The zero-order valence-electron chi connectivity index (χ0n) is 10.7. The highest BCUT2D eigenvalue weighted by Gasteiger charge is 2.18. The first-order valence-electron chi connectivity index (χ1n) is 6.02. The average molecular weight is 236 g/mol. The SMILES string of the molecule is CC(C)(C)Nc1cccc(OC2CCOC2)n1. The number of hydrogen-bond acceptors (Lipinski definition) is 4. The van der Waals surface area contributed by atoms with Crippen molar-refractivity contribution in [1.29, 1.82) is 0 Å². The molecule has 4 heteroatoms. The Kier molecular flexibility index (Phi) is 3.52. The van der Waals surface area contributed by atoms with Crippen molar-refractivity contribution in [2.45, 2.75) is 38.8 Å². The Hall–Kier alpha value is -1.29. The maximum atomic E-state index is 5.75. The van der Waals surface area contributed by atoms with Crippen LogP contribution in [0.4, 0.5) is 5.82 Å². The molecule has 0 spiro atoms. The van der Waals surface area contributed by atoms with Gasteiger partial charge in [0, 0.05) is 18.0 Å². The predicted molar refractivity (Wildman–Crippen MR) is 67.5 cm³/mol. The van der Waals surface area contributed by atoms with Crippen molar-refractivity contribution >= 4 is 5.82 Å². The van der Waals surface area contributed by atoms with Crippen molar-refractivity contribution in [2.75, 3.05) is 18.5 Å². The van der Waals surface area contributed by atoms with E-state index < -0.39 is 0 Å². The number of ether oxygens (including phenoxy) is 2. The summed E-state index contributed by atoms with van der Waals surface area (Å²) < 4.78 is 11.0. The number of aromatic nitrogens is 1. The summed E-state index contributed by atoms with van der Waals surface area (Å²) >= 11 is 0. The quantitative estimate of drug-likeness (QED) is 0.875. The van der Waals surface area contributed by atoms with Crippen LogP contribution in [0.1, 0.15) is 27.2 Å². The number of anilines is 1. The maximum absolute atomic E-state index is 5.75. The third-order valence-corrected chi connectivity index (χ3v) is 2.40. The summed E-state index contributed by atoms with van der Waals surface area (Å²) in [6, 6.07) is 5.78. The van der Waals surface area contributed by atoms with Crippen LogP contribution in [-0.4, -0.2) is 29.8 Å². The highest BCUT2D eigenvalue weighted by atomic mass is 16.5. The summed E-state index contributed by atoms with van der Waals surface area (Å²) in [7, 11) is 0. The standard InChI is InChI=1S/C13H20N2O2/c1-13(2,3)15-11-5-4-6-12(14-11)17-10-7-8-16-9-10/h4-6,10H,7-9H2,1-3H3,(H,14,15). The fraction of sp³-hybridized carbons (Fsp3) is 0.615. The minimum Gasteiger partial charge on any atom is -0.472 e. The molecule has 0 saturated carbocycles. The van der Waals surface area contributed by atoms with Crippen LogP contribution in [0, 0.1) is 0 Å². The summed E-state index contributed by atoms with van der Waals surface area (Å²) in [4.78, 5) is 4.43. The monoisotopic (exact) mass is 236 g/mol. The molecular formula is C13H20N2O2. The Labute approximate surface area is 102 Å². The Bertz CT molecular complexity index is 368. The van der Waals surface area contributed by atoms with E-state index in [9.17, 15) is 0 Å². The molecule has 1 aliphatic rings. The van der Waals surface area contributed by atoms with Crippen molar-refractivity contribution < 1.29 is 9.47 Å². The maximum Gasteiger partial charge on any atom is 0.215 e. The van der Waals surface area contributed by atoms with Crippen molar-refractivity contribution in [2.24, 2.45) is 0 Å². The molecule has 0 aromatic carbocycles. The second-order valence-electron chi connectivity index (χ2n) is 5.34. The summed E-state index contributed by atoms with van der Waals surface area (Å²) in [6.45, 7) is 7.76. The molecule has 1 aromatic heterocycles. The van der Waals surface area contributed by atoms with Gasteiger partial charge in [0.05, 0.1) is 13.2 Å². The summed E-state index contributed by atoms with van der Waals surface area (Å²) in [5, 5.41) is 3.32. The Balaban J connectivity index is 2.00. The van der Waals surface area contributed by atoms with Gasteiger partial charge in [-0.25, -0.2) is 0 Å². The van der Waals surface area contributed by atoms with Gasteiger partial charge in [-0.3, -0.25) is 0 Å². The smallest absolute Gasteiger partial charge is 0.215 e. The molecule has 0 aliphatic carbocycles. The molecule has 1 aliphatic heterocycles. The largest absolute Gasteiger partial charge is 0.472 e. The van der Waals surface area contributed by atoms with Crippen LogP contribution in [0.3, 0.4) is 0 Å². The van der Waals surface area contributed by atoms with Gasteiger partial charge in [0.25, 0.3) is 0 Å². The van der Waals surface area contributed by atoms with Crippen LogP contribution in [-0.2, 0) is 4.74 Å². The number of pyridine rings is 1. The van der Waals surface area contributed by atoms with Gasteiger partial charge in [-0.15, -0.1) is 0 Å². The number of rotatable bonds is 3. The lowest BCUT2D eigenvalue weighted by Crippen LogP contribution is -2.26. The van der Waals surface area contributed by atoms with Gasteiger partial charge < -0.3 is 14.8 Å². The zero-order valence-corrected chi connectivity index (χ0v) is 10.7. The van der Waals surface area contributed by atoms with Gasteiger partial charge in [-0.05, 0) is 26.8 Å². The third-order valence-electron chi connectivity index (χ3n) is 2.40. The molecule has 1 saturated heterocycles. The van der Waals surface area contributed by atoms with Gasteiger partial charge in [0.2, 0.25) is 5.88 Å². The van der Waals surface area contributed by atoms with E-state index in [0.717, 1.165) is 18.8 Å². The second kappa shape index (κ2) is 4.92. The van der Waals surface area contributed by atoms with E-state index in [1.54, 1.807) is 0 Å². The summed E-state index contributed by atoms with van der Waals surface area (Å²) in [5.41, 5.74) is 0.00208. The van der Waals surface area contributed by atoms with Gasteiger partial charge in [0.1, 0.15) is 11.9 Å². The zero-order chi connectivity index (χ0) is 12.3. The molecule has 2 rings (SSSR count). The normalized spacial score (nSPS) is 20.3. The van der Waals surface area contributed by atoms with Crippen molar-refractivity contribution in [3.8, 4) is 5.88 Å². The first-order valence-corrected chi connectivity index (χ1v) is 6.02. The van der Waals surface area contributed by atoms with E-state index >= 15 is 0 Å². The molecule has 0 bridgehead atoms. The van der Waals surface area contributed by atoms with Gasteiger partial charge in [0.15, 0.2) is 0 Å². The molecular weight excluding hydrogens is 216 g/mol. The molecule has 1 fully saturated rings. The third kappa shape index (κ3) is 3.89. The molecule has 1 atom stereocenters. The first-order chi connectivity index (χ1) is 8.03. The highest BCUT2D eigenvalue weighted by Crippen LogP contribution is 2.18. The van der Waals surface area contributed by atoms with Gasteiger partial charge in [-0.1, -0.05) is 6.07 Å². The van der Waals surface area contributed by atoms with E-state index in [1.165, 1.54) is 0 Å². The molecule has 1 N–H and O–H groups in total. The molecule has 94 valence electrons. The highest BCUT2D eigenvalue weighted by molar-refractivity contribution is 5.39. The minimum absolute atomic E-state index is 0.00208. The topological polar surface area (TPSA) is 43.4 Å². The molecule has 17 heavy (non-hydrogen) atoms.